The van der Waals surface area contributed by atoms with Crippen molar-refractivity contribution >= 4 is 11.8 Å². The first-order valence-electron chi connectivity index (χ1n) is 6.48. The molecule has 96 valence electrons. The molecule has 0 spiro atoms. The number of para-hydroxylation sites is 1. The predicted molar refractivity (Wildman–Crippen MR) is 69.6 cm³/mol. The molecule has 18 heavy (non-hydrogen) atoms. The second-order valence-electron chi connectivity index (χ2n) is 5.09. The molecule has 0 N–H and O–H groups in total. The molecule has 2 aliphatic heterocycles. The highest BCUT2D eigenvalue weighted by Crippen LogP contribution is 2.31. The lowest BCUT2D eigenvalue weighted by atomic mass is 10.0. The van der Waals surface area contributed by atoms with Gasteiger partial charge in [0.1, 0.15) is 6.61 Å². The van der Waals surface area contributed by atoms with E-state index in [1.807, 2.05) is 29.2 Å². The Balaban J connectivity index is 1.88. The summed E-state index contributed by atoms with van der Waals surface area (Å²) in [5.41, 5.74) is 2.14. The summed E-state index contributed by atoms with van der Waals surface area (Å²) in [6, 6.07) is 8.30. The van der Waals surface area contributed by atoms with Gasteiger partial charge >= 0.3 is 6.09 Å². The fourth-order valence-electron chi connectivity index (χ4n) is 2.77. The molecule has 0 aliphatic carbocycles. The van der Waals surface area contributed by atoms with Crippen LogP contribution in [0, 0.1) is 0 Å². The molecule has 2 heterocycles. The molecule has 0 saturated carbocycles. The Kier molecular flexibility index (Phi) is 2.96. The number of benzene rings is 1. The zero-order valence-electron chi connectivity index (χ0n) is 10.6. The molecule has 1 amide bonds. The van der Waals surface area contributed by atoms with Crippen LogP contribution in [0.4, 0.5) is 10.5 Å². The lowest BCUT2D eigenvalue weighted by molar-refractivity contribution is 0.134. The average molecular weight is 246 g/mol. The summed E-state index contributed by atoms with van der Waals surface area (Å²) in [5.74, 6) is 0. The maximum atomic E-state index is 12.0. The molecule has 1 fully saturated rings. The number of piperidine rings is 1. The van der Waals surface area contributed by atoms with Gasteiger partial charge in [0, 0.05) is 11.6 Å². The van der Waals surface area contributed by atoms with E-state index in [4.69, 9.17) is 4.74 Å². The summed E-state index contributed by atoms with van der Waals surface area (Å²) in [5, 5.41) is 0. The molecule has 3 rings (SSSR count). The quantitative estimate of drug-likeness (QED) is 0.762. The number of nitrogens with zero attached hydrogens (tertiary/aromatic N) is 2. The maximum Gasteiger partial charge on any atom is 0.414 e. The zero-order valence-corrected chi connectivity index (χ0v) is 10.6. The highest BCUT2D eigenvalue weighted by atomic mass is 16.6. The van der Waals surface area contributed by atoms with Gasteiger partial charge in [-0.05, 0) is 39.0 Å². The van der Waals surface area contributed by atoms with Crippen LogP contribution in [0.5, 0.6) is 0 Å². The first-order valence-corrected chi connectivity index (χ1v) is 6.48. The maximum absolute atomic E-state index is 12.0. The number of ether oxygens (including phenoxy) is 1. The number of hydrogen-bond donors (Lipinski definition) is 0. The highest BCUT2D eigenvalue weighted by Gasteiger charge is 2.33. The molecule has 0 atom stereocenters. The van der Waals surface area contributed by atoms with Crippen molar-refractivity contribution in [3.05, 3.63) is 29.8 Å². The largest absolute Gasteiger partial charge is 0.444 e. The third kappa shape index (κ3) is 1.97. The van der Waals surface area contributed by atoms with Gasteiger partial charge < -0.3 is 9.64 Å². The summed E-state index contributed by atoms with van der Waals surface area (Å²) < 4.78 is 5.27. The molecule has 1 aromatic rings. The number of rotatable bonds is 1. The molecule has 1 aromatic carbocycles. The molecular weight excluding hydrogens is 228 g/mol. The fraction of sp³-hybridized carbons (Fsp3) is 0.500. The third-order valence-electron chi connectivity index (χ3n) is 3.85. The predicted octanol–water partition coefficient (Wildman–Crippen LogP) is 2.24. The smallest absolute Gasteiger partial charge is 0.414 e. The minimum atomic E-state index is -0.191. The second kappa shape index (κ2) is 4.61. The molecular formula is C14H18N2O2. The van der Waals surface area contributed by atoms with Crippen molar-refractivity contribution in [3.63, 3.8) is 0 Å². The summed E-state index contributed by atoms with van der Waals surface area (Å²) in [7, 11) is 2.12. The number of carbonyl (C=O) groups excluding carboxylic acids is 1. The van der Waals surface area contributed by atoms with Crippen LogP contribution in [-0.2, 0) is 11.3 Å². The van der Waals surface area contributed by atoms with Crippen molar-refractivity contribution in [2.24, 2.45) is 0 Å². The normalized spacial score (nSPS) is 21.6. The standard InChI is InChI=1S/C14H18N2O2/c1-15-8-6-12(7-9-15)16-13-5-3-2-4-11(13)10-18-14(16)17/h2-5,12H,6-10H2,1H3. The third-order valence-corrected chi connectivity index (χ3v) is 3.85. The molecule has 0 aromatic heterocycles. The monoisotopic (exact) mass is 246 g/mol. The number of carbonyl (C=O) groups is 1. The van der Waals surface area contributed by atoms with Crippen LogP contribution in [0.2, 0.25) is 0 Å². The van der Waals surface area contributed by atoms with Crippen LogP contribution < -0.4 is 4.90 Å². The number of fused-ring (bicyclic) bond motifs is 1. The van der Waals surface area contributed by atoms with E-state index in [1.165, 1.54) is 0 Å². The van der Waals surface area contributed by atoms with Crippen LogP contribution >= 0.6 is 0 Å². The van der Waals surface area contributed by atoms with Gasteiger partial charge in [0.25, 0.3) is 0 Å². The van der Waals surface area contributed by atoms with E-state index in [0.29, 0.717) is 6.61 Å². The lowest BCUT2D eigenvalue weighted by Gasteiger charge is -2.39. The molecule has 0 unspecified atom stereocenters. The molecule has 4 nitrogen and oxygen atoms in total. The Bertz CT molecular complexity index is 453. The zero-order chi connectivity index (χ0) is 12.5. The van der Waals surface area contributed by atoms with Gasteiger partial charge in [-0.3, -0.25) is 4.90 Å². The van der Waals surface area contributed by atoms with Crippen molar-refractivity contribution in [2.75, 3.05) is 25.0 Å². The van der Waals surface area contributed by atoms with Gasteiger partial charge in [-0.25, -0.2) is 4.79 Å². The average Bonchev–Trinajstić information content (AvgIpc) is 2.40. The van der Waals surface area contributed by atoms with Crippen LogP contribution in [0.15, 0.2) is 24.3 Å². The van der Waals surface area contributed by atoms with E-state index >= 15 is 0 Å². The van der Waals surface area contributed by atoms with Crippen LogP contribution in [0.3, 0.4) is 0 Å². The fourth-order valence-corrected chi connectivity index (χ4v) is 2.77. The summed E-state index contributed by atoms with van der Waals surface area (Å²) in [6.45, 7) is 2.48. The molecule has 1 saturated heterocycles. The van der Waals surface area contributed by atoms with E-state index in [9.17, 15) is 4.79 Å². The van der Waals surface area contributed by atoms with Gasteiger partial charge in [0.15, 0.2) is 0 Å². The number of likely N-dealkylation sites (tertiary alicyclic amines) is 1. The van der Waals surface area contributed by atoms with Crippen molar-refractivity contribution < 1.29 is 9.53 Å². The molecule has 2 aliphatic rings. The van der Waals surface area contributed by atoms with E-state index in [-0.39, 0.29) is 12.1 Å². The lowest BCUT2D eigenvalue weighted by Crippen LogP contribution is -2.48. The first kappa shape index (κ1) is 11.5. The Morgan fingerprint density at radius 3 is 2.72 bits per heavy atom. The topological polar surface area (TPSA) is 32.8 Å². The second-order valence-corrected chi connectivity index (χ2v) is 5.09. The molecule has 0 radical (unpaired) electrons. The Labute approximate surface area is 107 Å². The summed E-state index contributed by atoms with van der Waals surface area (Å²) in [4.78, 5) is 16.2. The minimum Gasteiger partial charge on any atom is -0.444 e. The van der Waals surface area contributed by atoms with Gasteiger partial charge in [0.05, 0.1) is 5.69 Å². The Hall–Kier alpha value is -1.55. The molecule has 0 bridgehead atoms. The highest BCUT2D eigenvalue weighted by molar-refractivity contribution is 5.91. The van der Waals surface area contributed by atoms with E-state index in [2.05, 4.69) is 11.9 Å². The minimum absolute atomic E-state index is 0.191. The van der Waals surface area contributed by atoms with Crippen LogP contribution in [-0.4, -0.2) is 37.2 Å². The van der Waals surface area contributed by atoms with Gasteiger partial charge in [0.2, 0.25) is 0 Å². The van der Waals surface area contributed by atoms with Crippen molar-refractivity contribution in [2.45, 2.75) is 25.5 Å². The van der Waals surface area contributed by atoms with Crippen molar-refractivity contribution in [1.29, 1.82) is 0 Å². The number of cyclic esters (lactones) is 1. The van der Waals surface area contributed by atoms with E-state index < -0.39 is 0 Å². The van der Waals surface area contributed by atoms with Gasteiger partial charge in [-0.15, -0.1) is 0 Å². The van der Waals surface area contributed by atoms with Crippen molar-refractivity contribution in [1.82, 2.24) is 4.90 Å². The number of amides is 1. The van der Waals surface area contributed by atoms with E-state index in [0.717, 1.165) is 37.2 Å². The number of hydrogen-bond acceptors (Lipinski definition) is 3. The van der Waals surface area contributed by atoms with Crippen LogP contribution in [0.25, 0.3) is 0 Å². The number of anilines is 1. The van der Waals surface area contributed by atoms with Gasteiger partial charge in [-0.2, -0.15) is 0 Å². The SMILES string of the molecule is CN1CCC(N2C(=O)OCc3ccccc32)CC1. The van der Waals surface area contributed by atoms with E-state index in [1.54, 1.807) is 0 Å². The Morgan fingerprint density at radius 2 is 1.94 bits per heavy atom. The van der Waals surface area contributed by atoms with Gasteiger partial charge in [-0.1, -0.05) is 18.2 Å². The first-order chi connectivity index (χ1) is 8.75. The molecule has 4 heteroatoms. The van der Waals surface area contributed by atoms with Crippen molar-refractivity contribution in [3.8, 4) is 0 Å². The summed E-state index contributed by atoms with van der Waals surface area (Å²) >= 11 is 0. The van der Waals surface area contributed by atoms with Crippen LogP contribution in [0.1, 0.15) is 18.4 Å². The Morgan fingerprint density at radius 1 is 1.22 bits per heavy atom. The summed E-state index contributed by atoms with van der Waals surface area (Å²) in [6.07, 6.45) is 1.84.